The highest BCUT2D eigenvalue weighted by Gasteiger charge is 1.67. The van der Waals surface area contributed by atoms with Crippen LogP contribution in [0.15, 0.2) is 0 Å². The molecule has 0 fully saturated rings. The lowest BCUT2D eigenvalue weighted by Crippen LogP contribution is -1.95. The summed E-state index contributed by atoms with van der Waals surface area (Å²) in [4.78, 5) is 0. The molecule has 1 nitrogen and oxygen atoms in total. The summed E-state index contributed by atoms with van der Waals surface area (Å²) < 4.78 is 0. The van der Waals surface area contributed by atoms with Crippen LogP contribution in [0.3, 0.4) is 0 Å². The van der Waals surface area contributed by atoms with Crippen LogP contribution in [0.1, 0.15) is 19.8 Å². The summed E-state index contributed by atoms with van der Waals surface area (Å²) in [5.41, 5.74) is 5.14. The molecular formula is C4H12ClN. The first kappa shape index (κ1) is 9.54. The predicted molar refractivity (Wildman–Crippen MR) is 31.2 cm³/mol. The highest BCUT2D eigenvalue weighted by Crippen LogP contribution is 1.77. The summed E-state index contributed by atoms with van der Waals surface area (Å²) in [7, 11) is 0. The molecule has 0 unspecified atom stereocenters. The fraction of sp³-hybridized carbons (Fsp3) is 1.00. The lowest BCUT2D eigenvalue weighted by molar-refractivity contribution is 0.807. The topological polar surface area (TPSA) is 26.0 Å². The molecule has 0 heterocycles. The first-order chi connectivity index (χ1) is 2.41. The average Bonchev–Trinajstić information content (AvgIpc) is 1.41. The molecule has 0 aromatic rings. The lowest BCUT2D eigenvalue weighted by atomic mass is 10.5. The summed E-state index contributed by atoms with van der Waals surface area (Å²) in [6, 6.07) is 0. The molecule has 0 bridgehead atoms. The van der Waals surface area contributed by atoms with Crippen molar-refractivity contribution in [3.63, 3.8) is 0 Å². The Hall–Kier alpha value is 0.250. The Morgan fingerprint density at radius 3 is 2.17 bits per heavy atom. The summed E-state index contributed by atoms with van der Waals surface area (Å²) in [6.07, 6.45) is 2.39. The van der Waals surface area contributed by atoms with E-state index in [9.17, 15) is 0 Å². The van der Waals surface area contributed by atoms with E-state index in [0.717, 1.165) is 6.54 Å². The Morgan fingerprint density at radius 1 is 1.67 bits per heavy atom. The normalized spacial score (nSPS) is 7.00. The van der Waals surface area contributed by atoms with Gasteiger partial charge in [0.2, 0.25) is 0 Å². The van der Waals surface area contributed by atoms with Crippen molar-refractivity contribution in [3.05, 3.63) is 0 Å². The molecule has 2 N–H and O–H groups in total. The second-order valence-electron chi connectivity index (χ2n) is 1.14. The van der Waals surface area contributed by atoms with Crippen molar-refractivity contribution in [2.24, 2.45) is 5.73 Å². The molecule has 40 valence electrons. The zero-order valence-electron chi connectivity index (χ0n) is 4.11. The van der Waals surface area contributed by atoms with Crippen LogP contribution in [0.25, 0.3) is 0 Å². The maximum Gasteiger partial charge on any atom is -0.00774 e. The van der Waals surface area contributed by atoms with Gasteiger partial charge in [0.15, 0.2) is 0 Å². The number of hydrogen-bond acceptors (Lipinski definition) is 1. The molecule has 0 spiro atoms. The predicted octanol–water partition coefficient (Wildman–Crippen LogP) is 1.17. The summed E-state index contributed by atoms with van der Waals surface area (Å²) >= 11 is 0. The van der Waals surface area contributed by atoms with Crippen LogP contribution < -0.4 is 5.73 Å². The third kappa shape index (κ3) is 8.87. The summed E-state index contributed by atoms with van der Waals surface area (Å²) in [5.74, 6) is 0. The Labute approximate surface area is 45.3 Å². The fourth-order valence-electron chi connectivity index (χ4n) is 0.204. The van der Waals surface area contributed by atoms with Crippen molar-refractivity contribution < 1.29 is 0 Å². The molecule has 0 radical (unpaired) electrons. The van der Waals surface area contributed by atoms with E-state index in [2.05, 4.69) is 6.92 Å². The minimum Gasteiger partial charge on any atom is -0.330 e. The third-order valence-corrected chi connectivity index (χ3v) is 0.558. The van der Waals surface area contributed by atoms with Crippen molar-refractivity contribution >= 4 is 12.4 Å². The van der Waals surface area contributed by atoms with Gasteiger partial charge in [-0.2, -0.15) is 0 Å². The van der Waals surface area contributed by atoms with E-state index in [1.54, 1.807) is 0 Å². The molecule has 0 aliphatic carbocycles. The molecule has 0 aromatic carbocycles. The van der Waals surface area contributed by atoms with Crippen molar-refractivity contribution in [2.45, 2.75) is 19.8 Å². The largest absolute Gasteiger partial charge is 0.330 e. The van der Waals surface area contributed by atoms with Crippen LogP contribution in [0.2, 0.25) is 0 Å². The Bertz CT molecular complexity index is 15.0. The molecular weight excluding hydrogens is 99.5 g/mol. The van der Waals surface area contributed by atoms with Crippen LogP contribution in [-0.4, -0.2) is 6.54 Å². The monoisotopic (exact) mass is 111 g/mol. The van der Waals surface area contributed by atoms with Crippen LogP contribution in [0.5, 0.6) is 0 Å². The van der Waals surface area contributed by atoms with E-state index < -0.39 is 0 Å². The molecule has 0 atom stereocenters. The minimum atomic E-state index is 0. The van der Waals surface area contributed by atoms with Gasteiger partial charge >= 0.3 is 0 Å². The molecule has 0 aliphatic rings. The van der Waals surface area contributed by atoms with E-state index in [0.29, 0.717) is 0 Å². The van der Waals surface area contributed by atoms with Gasteiger partial charge in [-0.3, -0.25) is 0 Å². The molecule has 0 aromatic heterocycles. The number of unbranched alkanes of at least 4 members (excludes halogenated alkanes) is 1. The zero-order valence-corrected chi connectivity index (χ0v) is 4.92. The van der Waals surface area contributed by atoms with Crippen molar-refractivity contribution in [3.8, 4) is 0 Å². The number of halogens is 1. The van der Waals surface area contributed by atoms with Gasteiger partial charge in [0.1, 0.15) is 0 Å². The van der Waals surface area contributed by atoms with Crippen molar-refractivity contribution in [1.29, 1.82) is 0 Å². The van der Waals surface area contributed by atoms with Gasteiger partial charge in [-0.25, -0.2) is 0 Å². The highest BCUT2D eigenvalue weighted by atomic mass is 35.5. The lowest BCUT2D eigenvalue weighted by Gasteiger charge is -1.80. The molecule has 0 saturated heterocycles. The van der Waals surface area contributed by atoms with Gasteiger partial charge in [-0.15, -0.1) is 12.4 Å². The van der Waals surface area contributed by atoms with E-state index >= 15 is 0 Å². The third-order valence-electron chi connectivity index (χ3n) is 0.558. The second-order valence-corrected chi connectivity index (χ2v) is 1.14. The zero-order chi connectivity index (χ0) is 4.12. The second kappa shape index (κ2) is 8.98. The van der Waals surface area contributed by atoms with Crippen LogP contribution in [0.4, 0.5) is 0 Å². The molecule has 0 saturated carbocycles. The number of nitrogens with two attached hydrogens (primary N) is 1. The quantitative estimate of drug-likeness (QED) is 0.569. The minimum absolute atomic E-state index is 0. The number of hydrogen-bond donors (Lipinski definition) is 1. The first-order valence-electron chi connectivity index (χ1n) is 2.12. The SMILES string of the molecule is CCC[14CH2]N.Cl. The van der Waals surface area contributed by atoms with E-state index in [1.807, 2.05) is 0 Å². The molecule has 0 amide bonds. The number of rotatable bonds is 2. The van der Waals surface area contributed by atoms with Crippen LogP contribution in [0, 0.1) is 0 Å². The van der Waals surface area contributed by atoms with Gasteiger partial charge in [-0.05, 0) is 13.0 Å². The van der Waals surface area contributed by atoms with E-state index in [1.165, 1.54) is 12.8 Å². The van der Waals surface area contributed by atoms with E-state index in [4.69, 9.17) is 5.73 Å². The Morgan fingerprint density at radius 2 is 2.17 bits per heavy atom. The van der Waals surface area contributed by atoms with Crippen molar-refractivity contribution in [1.82, 2.24) is 0 Å². The maximum absolute atomic E-state index is 5.14. The fourth-order valence-corrected chi connectivity index (χ4v) is 0.204. The van der Waals surface area contributed by atoms with Crippen LogP contribution >= 0.6 is 12.4 Å². The average molecular weight is 112 g/mol. The smallest absolute Gasteiger partial charge is 0.00774 e. The standard InChI is InChI=1S/C4H11N.ClH/c1-2-3-4-5;/h2-5H2,1H3;1H/i4+2;. The summed E-state index contributed by atoms with van der Waals surface area (Å²) in [5, 5.41) is 0. The highest BCUT2D eigenvalue weighted by molar-refractivity contribution is 5.85. The van der Waals surface area contributed by atoms with Gasteiger partial charge in [0.25, 0.3) is 0 Å². The van der Waals surface area contributed by atoms with E-state index in [-0.39, 0.29) is 12.4 Å². The van der Waals surface area contributed by atoms with Gasteiger partial charge < -0.3 is 5.73 Å². The molecule has 0 rings (SSSR count). The van der Waals surface area contributed by atoms with Gasteiger partial charge in [0, 0.05) is 0 Å². The van der Waals surface area contributed by atoms with Crippen LogP contribution in [-0.2, 0) is 0 Å². The Balaban J connectivity index is 0. The molecule has 2 heteroatoms. The summed E-state index contributed by atoms with van der Waals surface area (Å²) in [6.45, 7) is 2.98. The molecule has 6 heavy (non-hydrogen) atoms. The Kier molecular flexibility index (Phi) is 14.3. The van der Waals surface area contributed by atoms with Crippen molar-refractivity contribution in [2.75, 3.05) is 6.54 Å². The van der Waals surface area contributed by atoms with Gasteiger partial charge in [0.05, 0.1) is 0 Å². The maximum atomic E-state index is 5.14. The first-order valence-corrected chi connectivity index (χ1v) is 2.12. The van der Waals surface area contributed by atoms with Gasteiger partial charge in [-0.1, -0.05) is 13.3 Å². The molecule has 0 aliphatic heterocycles.